The van der Waals surface area contributed by atoms with Gasteiger partial charge in [-0.3, -0.25) is 0 Å². The van der Waals surface area contributed by atoms with Crippen molar-refractivity contribution in [2.75, 3.05) is 13.7 Å². The molecule has 1 N–H and O–H groups in total. The van der Waals surface area contributed by atoms with Gasteiger partial charge in [0.15, 0.2) is 0 Å². The van der Waals surface area contributed by atoms with E-state index < -0.39 is 0 Å². The van der Waals surface area contributed by atoms with Crippen LogP contribution in [0, 0.1) is 0 Å². The molecule has 1 aliphatic carbocycles. The van der Waals surface area contributed by atoms with E-state index in [1.165, 1.54) is 18.4 Å². The third-order valence-corrected chi connectivity index (χ3v) is 2.75. The molecule has 15 heavy (non-hydrogen) atoms. The van der Waals surface area contributed by atoms with E-state index in [-0.39, 0.29) is 0 Å². The number of nitrogens with one attached hydrogen (secondary N) is 1. The Labute approximate surface area is 91.4 Å². The number of hydrogen-bond donors (Lipinski definition) is 1. The molecule has 3 nitrogen and oxygen atoms in total. The fourth-order valence-electron chi connectivity index (χ4n) is 1.68. The first-order chi connectivity index (χ1) is 7.38. The summed E-state index contributed by atoms with van der Waals surface area (Å²) in [5.41, 5.74) is 1.39. The largest absolute Gasteiger partial charge is 0.385 e. The molecule has 0 radical (unpaired) electrons. The van der Waals surface area contributed by atoms with Gasteiger partial charge in [-0.15, -0.1) is 0 Å². The SMILES string of the molecule is COCCCn1ccc(CNC2CC2)c1. The Morgan fingerprint density at radius 1 is 1.53 bits per heavy atom. The van der Waals surface area contributed by atoms with Crippen LogP contribution in [0.3, 0.4) is 0 Å². The molecule has 0 aromatic carbocycles. The van der Waals surface area contributed by atoms with E-state index in [1.807, 2.05) is 0 Å². The highest BCUT2D eigenvalue weighted by Gasteiger charge is 2.19. The lowest BCUT2D eigenvalue weighted by Gasteiger charge is -2.02. The standard InChI is InChI=1S/C12H20N2O/c1-15-8-2-6-14-7-5-11(10-14)9-13-12-3-4-12/h5,7,10,12-13H,2-4,6,8-9H2,1H3. The fraction of sp³-hybridized carbons (Fsp3) is 0.667. The van der Waals surface area contributed by atoms with E-state index in [2.05, 4.69) is 28.3 Å². The highest BCUT2D eigenvalue weighted by molar-refractivity contribution is 5.10. The average molecular weight is 208 g/mol. The zero-order valence-corrected chi connectivity index (χ0v) is 9.41. The van der Waals surface area contributed by atoms with Crippen LogP contribution in [0.2, 0.25) is 0 Å². The molecule has 1 aromatic heterocycles. The molecule has 0 saturated heterocycles. The summed E-state index contributed by atoms with van der Waals surface area (Å²) in [6.07, 6.45) is 8.17. The third kappa shape index (κ3) is 3.68. The maximum absolute atomic E-state index is 5.03. The van der Waals surface area contributed by atoms with Crippen LogP contribution in [0.5, 0.6) is 0 Å². The predicted octanol–water partition coefficient (Wildman–Crippen LogP) is 1.78. The third-order valence-electron chi connectivity index (χ3n) is 2.75. The van der Waals surface area contributed by atoms with Crippen LogP contribution in [-0.4, -0.2) is 24.3 Å². The molecule has 0 aliphatic heterocycles. The number of hydrogen-bond acceptors (Lipinski definition) is 2. The lowest BCUT2D eigenvalue weighted by atomic mass is 10.3. The molecule has 1 heterocycles. The first kappa shape index (κ1) is 10.7. The number of aryl methyl sites for hydroxylation is 1. The first-order valence-electron chi connectivity index (χ1n) is 5.75. The molecular weight excluding hydrogens is 188 g/mol. The Morgan fingerprint density at radius 3 is 3.13 bits per heavy atom. The van der Waals surface area contributed by atoms with Crippen molar-refractivity contribution in [1.29, 1.82) is 0 Å². The van der Waals surface area contributed by atoms with Gasteiger partial charge in [-0.25, -0.2) is 0 Å². The molecule has 1 saturated carbocycles. The topological polar surface area (TPSA) is 26.2 Å². The van der Waals surface area contributed by atoms with Crippen LogP contribution in [0.25, 0.3) is 0 Å². The van der Waals surface area contributed by atoms with Gasteiger partial charge in [0, 0.05) is 45.2 Å². The van der Waals surface area contributed by atoms with Gasteiger partial charge >= 0.3 is 0 Å². The Bertz CT molecular complexity index is 292. The first-order valence-corrected chi connectivity index (χ1v) is 5.75. The number of methoxy groups -OCH3 is 1. The van der Waals surface area contributed by atoms with Crippen molar-refractivity contribution < 1.29 is 4.74 Å². The second kappa shape index (κ2) is 5.33. The molecule has 1 aliphatic rings. The Kier molecular flexibility index (Phi) is 3.80. The zero-order valence-electron chi connectivity index (χ0n) is 9.41. The molecular formula is C12H20N2O. The van der Waals surface area contributed by atoms with Gasteiger partial charge in [-0.2, -0.15) is 0 Å². The molecule has 0 spiro atoms. The number of rotatable bonds is 7. The number of aromatic nitrogens is 1. The smallest absolute Gasteiger partial charge is 0.0479 e. The van der Waals surface area contributed by atoms with Crippen molar-refractivity contribution in [3.63, 3.8) is 0 Å². The molecule has 0 amide bonds. The molecule has 0 unspecified atom stereocenters. The van der Waals surface area contributed by atoms with E-state index >= 15 is 0 Å². The van der Waals surface area contributed by atoms with Gasteiger partial charge in [-0.05, 0) is 30.9 Å². The van der Waals surface area contributed by atoms with Crippen molar-refractivity contribution >= 4 is 0 Å². The van der Waals surface area contributed by atoms with E-state index in [9.17, 15) is 0 Å². The summed E-state index contributed by atoms with van der Waals surface area (Å²) in [5.74, 6) is 0. The van der Waals surface area contributed by atoms with Crippen LogP contribution in [0.15, 0.2) is 18.5 Å². The number of ether oxygens (including phenoxy) is 1. The van der Waals surface area contributed by atoms with Crippen molar-refractivity contribution in [3.8, 4) is 0 Å². The molecule has 84 valence electrons. The average Bonchev–Trinajstić information content (AvgIpc) is 2.97. The molecule has 0 bridgehead atoms. The normalized spacial score (nSPS) is 15.8. The van der Waals surface area contributed by atoms with Crippen LogP contribution < -0.4 is 5.32 Å². The minimum Gasteiger partial charge on any atom is -0.385 e. The maximum atomic E-state index is 5.03. The summed E-state index contributed by atoms with van der Waals surface area (Å²) >= 11 is 0. The van der Waals surface area contributed by atoms with E-state index in [4.69, 9.17) is 4.74 Å². The molecule has 3 heteroatoms. The Hall–Kier alpha value is -0.800. The molecule has 1 aromatic rings. The monoisotopic (exact) mass is 208 g/mol. The lowest BCUT2D eigenvalue weighted by molar-refractivity contribution is 0.190. The summed E-state index contributed by atoms with van der Waals surface area (Å²) in [5, 5.41) is 3.52. The van der Waals surface area contributed by atoms with Gasteiger partial charge in [0.25, 0.3) is 0 Å². The van der Waals surface area contributed by atoms with Gasteiger partial charge in [0.05, 0.1) is 0 Å². The van der Waals surface area contributed by atoms with Crippen LogP contribution in [0.1, 0.15) is 24.8 Å². The minimum absolute atomic E-state index is 0.793. The van der Waals surface area contributed by atoms with Crippen LogP contribution in [-0.2, 0) is 17.8 Å². The summed E-state index contributed by atoms with van der Waals surface area (Å²) in [6, 6.07) is 2.99. The predicted molar refractivity (Wildman–Crippen MR) is 60.8 cm³/mol. The highest BCUT2D eigenvalue weighted by Crippen LogP contribution is 2.19. The zero-order chi connectivity index (χ0) is 10.5. The van der Waals surface area contributed by atoms with Gasteiger partial charge in [0.2, 0.25) is 0 Å². The van der Waals surface area contributed by atoms with E-state index in [0.717, 1.165) is 32.2 Å². The lowest BCUT2D eigenvalue weighted by Crippen LogP contribution is -2.14. The molecule has 2 rings (SSSR count). The highest BCUT2D eigenvalue weighted by atomic mass is 16.5. The quantitative estimate of drug-likeness (QED) is 0.691. The van der Waals surface area contributed by atoms with Crippen LogP contribution in [0.4, 0.5) is 0 Å². The van der Waals surface area contributed by atoms with Gasteiger partial charge in [-0.1, -0.05) is 0 Å². The van der Waals surface area contributed by atoms with Crippen molar-refractivity contribution in [2.24, 2.45) is 0 Å². The number of nitrogens with zero attached hydrogens (tertiary/aromatic N) is 1. The Balaban J connectivity index is 1.70. The van der Waals surface area contributed by atoms with Crippen molar-refractivity contribution in [1.82, 2.24) is 9.88 Å². The van der Waals surface area contributed by atoms with Crippen molar-refractivity contribution in [2.45, 2.75) is 38.4 Å². The Morgan fingerprint density at radius 2 is 2.40 bits per heavy atom. The van der Waals surface area contributed by atoms with E-state index in [1.54, 1.807) is 7.11 Å². The molecule has 1 fully saturated rings. The van der Waals surface area contributed by atoms with Gasteiger partial charge < -0.3 is 14.6 Å². The van der Waals surface area contributed by atoms with Crippen LogP contribution >= 0.6 is 0 Å². The van der Waals surface area contributed by atoms with E-state index in [0.29, 0.717) is 0 Å². The molecule has 0 atom stereocenters. The summed E-state index contributed by atoms with van der Waals surface area (Å²) in [6.45, 7) is 2.91. The van der Waals surface area contributed by atoms with Gasteiger partial charge in [0.1, 0.15) is 0 Å². The fourth-order valence-corrected chi connectivity index (χ4v) is 1.68. The summed E-state index contributed by atoms with van der Waals surface area (Å²) in [4.78, 5) is 0. The summed E-state index contributed by atoms with van der Waals surface area (Å²) < 4.78 is 7.27. The minimum atomic E-state index is 0.793. The second-order valence-electron chi connectivity index (χ2n) is 4.26. The maximum Gasteiger partial charge on any atom is 0.0479 e. The second-order valence-corrected chi connectivity index (χ2v) is 4.26. The summed E-state index contributed by atoms with van der Waals surface area (Å²) in [7, 11) is 1.75. The van der Waals surface area contributed by atoms with Crippen molar-refractivity contribution in [3.05, 3.63) is 24.0 Å².